The molecule has 6 heteroatoms. The van der Waals surface area contributed by atoms with E-state index in [0.717, 1.165) is 24.1 Å². The summed E-state index contributed by atoms with van der Waals surface area (Å²) in [6, 6.07) is 4.83. The van der Waals surface area contributed by atoms with Crippen molar-refractivity contribution < 1.29 is 22.7 Å². The number of rotatable bonds is 10. The van der Waals surface area contributed by atoms with Gasteiger partial charge in [-0.05, 0) is 50.4 Å². The molecule has 2 radical (unpaired) electrons. The van der Waals surface area contributed by atoms with Gasteiger partial charge in [-0.1, -0.05) is 6.07 Å². The van der Waals surface area contributed by atoms with Gasteiger partial charge in [0.1, 0.15) is 0 Å². The zero-order valence-electron chi connectivity index (χ0n) is 11.8. The summed E-state index contributed by atoms with van der Waals surface area (Å²) < 4.78 is 41.7. The van der Waals surface area contributed by atoms with Gasteiger partial charge < -0.3 is 13.9 Å². The Kier molecular flexibility index (Phi) is 8.60. The van der Waals surface area contributed by atoms with Gasteiger partial charge in [0.15, 0.2) is 11.6 Å². The second-order valence-corrected chi connectivity index (χ2v) is 5.09. The third-order valence-electron chi connectivity index (χ3n) is 2.51. The molecule has 1 rings (SSSR count). The normalized spacial score (nSPS) is 11.2. The second-order valence-electron chi connectivity index (χ2n) is 4.06. The Labute approximate surface area is 121 Å². The molecule has 0 saturated carbocycles. The van der Waals surface area contributed by atoms with Crippen LogP contribution < -0.4 is 0 Å². The predicted molar refractivity (Wildman–Crippen MR) is 73.4 cm³/mol. The molecule has 0 N–H and O–H groups in total. The van der Waals surface area contributed by atoms with Crippen LogP contribution in [0.4, 0.5) is 8.78 Å². The summed E-state index contributed by atoms with van der Waals surface area (Å²) in [5, 5.41) is 0. The predicted octanol–water partition coefficient (Wildman–Crippen LogP) is 3.31. The van der Waals surface area contributed by atoms with E-state index in [0.29, 0.717) is 19.6 Å². The van der Waals surface area contributed by atoms with E-state index in [-0.39, 0.29) is 9.76 Å². The van der Waals surface area contributed by atoms with Crippen molar-refractivity contribution in [3.05, 3.63) is 35.4 Å². The van der Waals surface area contributed by atoms with Crippen molar-refractivity contribution in [2.45, 2.75) is 39.2 Å². The third kappa shape index (κ3) is 6.56. The molecule has 3 nitrogen and oxygen atoms in total. The van der Waals surface area contributed by atoms with Gasteiger partial charge in [-0.15, -0.1) is 0 Å². The zero-order chi connectivity index (χ0) is 14.8. The Balaban J connectivity index is 2.19. The van der Waals surface area contributed by atoms with Gasteiger partial charge in [-0.2, -0.15) is 0 Å². The molecule has 0 aromatic heterocycles. The first-order valence-corrected chi connectivity index (χ1v) is 7.84. The monoisotopic (exact) mass is 302 g/mol. The first-order chi connectivity index (χ1) is 9.67. The number of aryl methyl sites for hydroxylation is 1. The summed E-state index contributed by atoms with van der Waals surface area (Å²) >= 11 is 0. The molecule has 0 amide bonds. The average molecular weight is 302 g/mol. The Morgan fingerprint density at radius 1 is 1.10 bits per heavy atom. The van der Waals surface area contributed by atoms with Gasteiger partial charge in [0.05, 0.1) is 0 Å². The van der Waals surface area contributed by atoms with Gasteiger partial charge in [0.25, 0.3) is 6.48 Å². The van der Waals surface area contributed by atoms with Crippen LogP contribution in [0.3, 0.4) is 0 Å². The minimum absolute atomic E-state index is 0.261. The van der Waals surface area contributed by atoms with Crippen LogP contribution >= 0.6 is 0 Å². The number of benzene rings is 1. The summed E-state index contributed by atoms with van der Waals surface area (Å²) in [6.45, 7) is 4.21. The van der Waals surface area contributed by atoms with Crippen LogP contribution in [-0.2, 0) is 20.3 Å². The number of ether oxygens (including phenoxy) is 2. The quantitative estimate of drug-likeness (QED) is 0.377. The maximum Gasteiger partial charge on any atom is 0.261 e. The van der Waals surface area contributed by atoms with Crippen molar-refractivity contribution in [1.29, 1.82) is 0 Å². The van der Waals surface area contributed by atoms with E-state index in [9.17, 15) is 8.78 Å². The molecule has 0 saturated heterocycles. The highest BCUT2D eigenvalue weighted by molar-refractivity contribution is 6.27. The van der Waals surface area contributed by atoms with Crippen LogP contribution in [-0.4, -0.2) is 29.5 Å². The van der Waals surface area contributed by atoms with Crippen LogP contribution in [0.25, 0.3) is 0 Å². The van der Waals surface area contributed by atoms with E-state index in [1.165, 1.54) is 6.07 Å². The fourth-order valence-corrected chi connectivity index (χ4v) is 2.29. The van der Waals surface area contributed by atoms with E-state index < -0.39 is 18.1 Å². The summed E-state index contributed by atoms with van der Waals surface area (Å²) in [5.41, 5.74) is 0.792. The first kappa shape index (κ1) is 17.2. The lowest BCUT2D eigenvalue weighted by atomic mass is 10.1. The lowest BCUT2D eigenvalue weighted by Crippen LogP contribution is -2.23. The molecule has 0 unspecified atom stereocenters. The van der Waals surface area contributed by atoms with Crippen molar-refractivity contribution in [2.75, 3.05) is 13.2 Å². The topological polar surface area (TPSA) is 27.7 Å². The molecule has 0 atom stereocenters. The van der Waals surface area contributed by atoms with Crippen LogP contribution in [0.15, 0.2) is 18.2 Å². The Bertz CT molecular complexity index is 385. The van der Waals surface area contributed by atoms with Crippen molar-refractivity contribution in [2.24, 2.45) is 0 Å². The molecular weight excluding hydrogens is 282 g/mol. The SMILES string of the molecule is CCOC(OCC)O[Si]CCCc1ccc(F)c(F)c1. The van der Waals surface area contributed by atoms with Crippen molar-refractivity contribution in [3.8, 4) is 0 Å². The van der Waals surface area contributed by atoms with Crippen LogP contribution in [0.1, 0.15) is 25.8 Å². The van der Waals surface area contributed by atoms with Gasteiger partial charge in [0.2, 0.25) is 9.76 Å². The van der Waals surface area contributed by atoms with Gasteiger partial charge in [-0.25, -0.2) is 8.78 Å². The van der Waals surface area contributed by atoms with Crippen molar-refractivity contribution in [1.82, 2.24) is 0 Å². The molecule has 0 bridgehead atoms. The largest absolute Gasteiger partial charge is 0.372 e. The van der Waals surface area contributed by atoms with Gasteiger partial charge in [-0.3, -0.25) is 0 Å². The lowest BCUT2D eigenvalue weighted by molar-refractivity contribution is -0.243. The van der Waals surface area contributed by atoms with E-state index >= 15 is 0 Å². The standard InChI is InChI=1S/C14H20F2O3Si/c1-3-17-14(18-4-2)19-20-9-5-6-11-7-8-12(15)13(16)10-11/h7-8,10,14H,3-6,9H2,1-2H3. The molecule has 0 fully saturated rings. The second kappa shape index (κ2) is 9.98. The molecule has 0 aliphatic rings. The lowest BCUT2D eigenvalue weighted by Gasteiger charge is -2.16. The van der Waals surface area contributed by atoms with Gasteiger partial charge in [0, 0.05) is 13.2 Å². The molecule has 20 heavy (non-hydrogen) atoms. The molecule has 0 heterocycles. The van der Waals surface area contributed by atoms with Crippen LogP contribution in [0.2, 0.25) is 6.04 Å². The minimum atomic E-state index is -0.810. The highest BCUT2D eigenvalue weighted by atomic mass is 28.2. The van der Waals surface area contributed by atoms with Crippen LogP contribution in [0.5, 0.6) is 0 Å². The van der Waals surface area contributed by atoms with E-state index in [1.807, 2.05) is 13.8 Å². The first-order valence-electron chi connectivity index (χ1n) is 6.73. The molecule has 112 valence electrons. The highest BCUT2D eigenvalue weighted by Crippen LogP contribution is 2.11. The van der Waals surface area contributed by atoms with E-state index in [2.05, 4.69) is 0 Å². The van der Waals surface area contributed by atoms with Crippen molar-refractivity contribution in [3.63, 3.8) is 0 Å². The van der Waals surface area contributed by atoms with Crippen molar-refractivity contribution >= 4 is 9.76 Å². The van der Waals surface area contributed by atoms with E-state index in [1.54, 1.807) is 6.07 Å². The minimum Gasteiger partial charge on any atom is -0.372 e. The Morgan fingerprint density at radius 3 is 2.40 bits per heavy atom. The molecule has 1 aromatic carbocycles. The molecule has 0 spiro atoms. The van der Waals surface area contributed by atoms with Crippen LogP contribution in [0, 0.1) is 11.6 Å². The summed E-state index contributed by atoms with van der Waals surface area (Å²) in [5.74, 6) is -1.61. The molecule has 0 aliphatic carbocycles. The maximum absolute atomic E-state index is 13.0. The third-order valence-corrected chi connectivity index (χ3v) is 3.43. The highest BCUT2D eigenvalue weighted by Gasteiger charge is 2.08. The molecule has 0 aliphatic heterocycles. The smallest absolute Gasteiger partial charge is 0.261 e. The number of hydrogen-bond donors (Lipinski definition) is 0. The maximum atomic E-state index is 13.0. The average Bonchev–Trinajstić information content (AvgIpc) is 2.43. The van der Waals surface area contributed by atoms with E-state index in [4.69, 9.17) is 13.9 Å². The molecule has 1 aromatic rings. The van der Waals surface area contributed by atoms with Gasteiger partial charge >= 0.3 is 0 Å². The summed E-state index contributed by atoms with van der Waals surface area (Å²) in [7, 11) is 0.261. The fraction of sp³-hybridized carbons (Fsp3) is 0.571. The zero-order valence-corrected chi connectivity index (χ0v) is 12.8. The summed E-state index contributed by atoms with van der Waals surface area (Å²) in [4.78, 5) is 0. The Morgan fingerprint density at radius 2 is 1.80 bits per heavy atom. The molecular formula is C14H20F2O3Si. The number of hydrogen-bond acceptors (Lipinski definition) is 3. The summed E-state index contributed by atoms with van der Waals surface area (Å²) in [6.07, 6.45) is 1.54. The number of halogens is 2. The fourth-order valence-electron chi connectivity index (χ4n) is 1.58. The Hall–Kier alpha value is -0.823.